The van der Waals surface area contributed by atoms with Crippen molar-refractivity contribution in [2.24, 2.45) is 13.0 Å². The molecular formula is C18H24ClN5O2. The summed E-state index contributed by atoms with van der Waals surface area (Å²) in [7, 11) is 1.88. The third-order valence-electron chi connectivity index (χ3n) is 4.42. The van der Waals surface area contributed by atoms with Gasteiger partial charge in [-0.15, -0.1) is 12.4 Å². The van der Waals surface area contributed by atoms with Crippen LogP contribution in [0.4, 0.5) is 5.69 Å². The van der Waals surface area contributed by atoms with Gasteiger partial charge in [0.2, 0.25) is 11.8 Å². The Kier molecular flexibility index (Phi) is 6.76. The molecule has 3 rings (SSSR count). The van der Waals surface area contributed by atoms with Crippen molar-refractivity contribution in [3.8, 4) is 0 Å². The van der Waals surface area contributed by atoms with Crippen LogP contribution in [-0.4, -0.2) is 34.7 Å². The highest BCUT2D eigenvalue weighted by Crippen LogP contribution is 2.28. The van der Waals surface area contributed by atoms with Crippen molar-refractivity contribution in [3.63, 3.8) is 0 Å². The fourth-order valence-electron chi connectivity index (χ4n) is 3.22. The van der Waals surface area contributed by atoms with E-state index in [0.717, 1.165) is 23.4 Å². The van der Waals surface area contributed by atoms with E-state index in [4.69, 9.17) is 0 Å². The van der Waals surface area contributed by atoms with Crippen molar-refractivity contribution in [1.82, 2.24) is 20.4 Å². The molecule has 0 unspecified atom stereocenters. The second-order valence-corrected chi connectivity index (χ2v) is 6.42. The van der Waals surface area contributed by atoms with Crippen LogP contribution in [0.15, 0.2) is 36.7 Å². The lowest BCUT2D eigenvalue weighted by atomic mass is 9.90. The van der Waals surface area contributed by atoms with Gasteiger partial charge in [-0.2, -0.15) is 5.10 Å². The van der Waals surface area contributed by atoms with Gasteiger partial charge in [-0.3, -0.25) is 14.3 Å². The van der Waals surface area contributed by atoms with Crippen LogP contribution in [0, 0.1) is 5.92 Å². The Bertz CT molecular complexity index is 776. The van der Waals surface area contributed by atoms with Crippen molar-refractivity contribution in [2.75, 3.05) is 18.4 Å². The van der Waals surface area contributed by atoms with Gasteiger partial charge < -0.3 is 16.0 Å². The number of hydrogen-bond acceptors (Lipinski definition) is 4. The Morgan fingerprint density at radius 1 is 1.35 bits per heavy atom. The normalized spacial score (nSPS) is 18.8. The maximum absolute atomic E-state index is 12.6. The number of nitrogens with one attached hydrogen (secondary N) is 3. The van der Waals surface area contributed by atoms with Crippen LogP contribution in [0.3, 0.4) is 0 Å². The summed E-state index contributed by atoms with van der Waals surface area (Å²) >= 11 is 0. The van der Waals surface area contributed by atoms with Gasteiger partial charge >= 0.3 is 0 Å². The van der Waals surface area contributed by atoms with Crippen LogP contribution in [0.25, 0.3) is 0 Å². The molecule has 2 aromatic rings. The zero-order valence-corrected chi connectivity index (χ0v) is 15.7. The van der Waals surface area contributed by atoms with Gasteiger partial charge in [-0.05, 0) is 23.3 Å². The minimum Gasteiger partial charge on any atom is -0.352 e. The van der Waals surface area contributed by atoms with Gasteiger partial charge in [-0.1, -0.05) is 12.1 Å². The van der Waals surface area contributed by atoms with E-state index in [-0.39, 0.29) is 36.1 Å². The van der Waals surface area contributed by atoms with Crippen LogP contribution in [0.2, 0.25) is 0 Å². The smallest absolute Gasteiger partial charge is 0.225 e. The lowest BCUT2D eigenvalue weighted by Crippen LogP contribution is -2.34. The fourth-order valence-corrected chi connectivity index (χ4v) is 3.22. The summed E-state index contributed by atoms with van der Waals surface area (Å²) in [6.45, 7) is 3.35. The Labute approximate surface area is 159 Å². The molecule has 1 aliphatic heterocycles. The minimum atomic E-state index is -0.113. The van der Waals surface area contributed by atoms with Gasteiger partial charge in [0.15, 0.2) is 0 Å². The lowest BCUT2D eigenvalue weighted by Gasteiger charge is -2.17. The average molecular weight is 378 g/mol. The van der Waals surface area contributed by atoms with E-state index >= 15 is 0 Å². The molecule has 2 heterocycles. The second-order valence-electron chi connectivity index (χ2n) is 6.42. The number of aryl methyl sites for hydroxylation is 1. The summed E-state index contributed by atoms with van der Waals surface area (Å²) in [5.41, 5.74) is 2.76. The van der Waals surface area contributed by atoms with E-state index in [9.17, 15) is 9.59 Å². The number of benzene rings is 1. The molecule has 2 amide bonds. The van der Waals surface area contributed by atoms with Gasteiger partial charge in [0.25, 0.3) is 0 Å². The first-order valence-electron chi connectivity index (χ1n) is 8.36. The maximum atomic E-state index is 12.6. The number of rotatable bonds is 5. The molecule has 0 aliphatic carbocycles. The van der Waals surface area contributed by atoms with E-state index in [1.54, 1.807) is 4.68 Å². The zero-order chi connectivity index (χ0) is 17.8. The van der Waals surface area contributed by atoms with Gasteiger partial charge in [0.1, 0.15) is 0 Å². The van der Waals surface area contributed by atoms with E-state index in [0.29, 0.717) is 13.1 Å². The summed E-state index contributed by atoms with van der Waals surface area (Å²) in [6, 6.07) is 7.48. The van der Waals surface area contributed by atoms with E-state index < -0.39 is 0 Å². The molecule has 1 aromatic carbocycles. The molecule has 0 radical (unpaired) electrons. The van der Waals surface area contributed by atoms with Crippen molar-refractivity contribution in [2.45, 2.75) is 19.4 Å². The molecule has 1 aromatic heterocycles. The molecule has 3 N–H and O–H groups in total. The fraction of sp³-hybridized carbons (Fsp3) is 0.389. The van der Waals surface area contributed by atoms with Gasteiger partial charge in [0.05, 0.1) is 12.1 Å². The second kappa shape index (κ2) is 8.82. The molecule has 2 atom stereocenters. The van der Waals surface area contributed by atoms with Crippen LogP contribution < -0.4 is 16.0 Å². The molecule has 26 heavy (non-hydrogen) atoms. The lowest BCUT2D eigenvalue weighted by molar-refractivity contribution is -0.125. The molecule has 1 fully saturated rings. The van der Waals surface area contributed by atoms with Crippen LogP contribution in [-0.2, 0) is 23.2 Å². The molecular weight excluding hydrogens is 354 g/mol. The minimum absolute atomic E-state index is 0. The SMILES string of the molecule is CC(=O)Nc1cccc(CNC(=O)[C@H]2CNC[C@@H]2c2cnn(C)c2)c1.Cl. The molecule has 1 aliphatic rings. The summed E-state index contributed by atoms with van der Waals surface area (Å²) in [4.78, 5) is 23.8. The Balaban J connectivity index is 0.00000243. The highest BCUT2D eigenvalue weighted by Gasteiger charge is 2.34. The number of carbonyl (C=O) groups is 2. The number of amides is 2. The summed E-state index contributed by atoms with van der Waals surface area (Å²) < 4.78 is 1.76. The zero-order valence-electron chi connectivity index (χ0n) is 14.9. The van der Waals surface area contributed by atoms with E-state index in [2.05, 4.69) is 21.0 Å². The van der Waals surface area contributed by atoms with Gasteiger partial charge in [0, 0.05) is 51.4 Å². The quantitative estimate of drug-likeness (QED) is 0.735. The first kappa shape index (κ1) is 19.9. The highest BCUT2D eigenvalue weighted by atomic mass is 35.5. The molecule has 0 spiro atoms. The Morgan fingerprint density at radius 3 is 2.85 bits per heavy atom. The van der Waals surface area contributed by atoms with Crippen molar-refractivity contribution >= 4 is 29.9 Å². The average Bonchev–Trinajstić information content (AvgIpc) is 3.21. The van der Waals surface area contributed by atoms with Crippen molar-refractivity contribution in [3.05, 3.63) is 47.8 Å². The molecule has 0 bridgehead atoms. The standard InChI is InChI=1S/C18H23N5O2.ClH/c1-12(24)22-15-5-3-4-13(6-15)7-20-18(25)17-10-19-9-16(17)14-8-21-23(2)11-14;/h3-6,8,11,16-17,19H,7,9-10H2,1-2H3,(H,20,25)(H,22,24);1H/t16-,17+;/m1./s1. The van der Waals surface area contributed by atoms with E-state index in [1.165, 1.54) is 6.92 Å². The number of carbonyl (C=O) groups excluding carboxylic acids is 2. The molecule has 8 heteroatoms. The van der Waals surface area contributed by atoms with Crippen molar-refractivity contribution < 1.29 is 9.59 Å². The monoisotopic (exact) mass is 377 g/mol. The topological polar surface area (TPSA) is 88.1 Å². The number of hydrogen-bond donors (Lipinski definition) is 3. The van der Waals surface area contributed by atoms with Crippen LogP contribution in [0.5, 0.6) is 0 Å². The Hall–Kier alpha value is -2.38. The number of aromatic nitrogens is 2. The Morgan fingerprint density at radius 2 is 2.15 bits per heavy atom. The predicted molar refractivity (Wildman–Crippen MR) is 102 cm³/mol. The maximum Gasteiger partial charge on any atom is 0.225 e. The predicted octanol–water partition coefficient (Wildman–Crippen LogP) is 1.42. The molecule has 140 valence electrons. The largest absolute Gasteiger partial charge is 0.352 e. The third-order valence-corrected chi connectivity index (χ3v) is 4.42. The van der Waals surface area contributed by atoms with Crippen molar-refractivity contribution in [1.29, 1.82) is 0 Å². The summed E-state index contributed by atoms with van der Waals surface area (Å²) in [6.07, 6.45) is 3.80. The number of anilines is 1. The van der Waals surface area contributed by atoms with Gasteiger partial charge in [-0.25, -0.2) is 0 Å². The summed E-state index contributed by atoms with van der Waals surface area (Å²) in [5, 5.41) is 13.3. The first-order chi connectivity index (χ1) is 12.0. The third kappa shape index (κ3) is 4.83. The van der Waals surface area contributed by atoms with Crippen LogP contribution >= 0.6 is 12.4 Å². The number of halogens is 1. The molecule has 0 saturated carbocycles. The van der Waals surface area contributed by atoms with Crippen LogP contribution in [0.1, 0.15) is 24.0 Å². The molecule has 7 nitrogen and oxygen atoms in total. The van der Waals surface area contributed by atoms with E-state index in [1.807, 2.05) is 43.7 Å². The highest BCUT2D eigenvalue weighted by molar-refractivity contribution is 5.88. The molecule has 1 saturated heterocycles. The summed E-state index contributed by atoms with van der Waals surface area (Å²) in [5.74, 6) is -0.0524. The number of nitrogens with zero attached hydrogens (tertiary/aromatic N) is 2. The first-order valence-corrected chi connectivity index (χ1v) is 8.36.